The molecule has 9 nitrogen and oxygen atoms in total. The molecule has 2 aromatic rings. The lowest BCUT2D eigenvalue weighted by Gasteiger charge is -2.50. The summed E-state index contributed by atoms with van der Waals surface area (Å²) in [6.45, 7) is 9.62. The molecule has 1 unspecified atom stereocenters. The lowest BCUT2D eigenvalue weighted by molar-refractivity contribution is -0.383. The van der Waals surface area contributed by atoms with Gasteiger partial charge in [0.05, 0.1) is 12.1 Å². The van der Waals surface area contributed by atoms with Gasteiger partial charge in [0.25, 0.3) is 0 Å². The van der Waals surface area contributed by atoms with Gasteiger partial charge in [0, 0.05) is 32.7 Å². The number of benzene rings is 2. The number of unbranched alkanes of at least 4 members (excludes halogenated alkanes) is 1. The third-order valence-corrected chi connectivity index (χ3v) is 8.00. The molecule has 2 aromatic carbocycles. The average Bonchev–Trinajstić information content (AvgIpc) is 3.27. The Morgan fingerprint density at radius 2 is 1.73 bits per heavy atom. The lowest BCUT2D eigenvalue weighted by Crippen LogP contribution is -2.69. The quantitative estimate of drug-likeness (QED) is 0.418. The Kier molecular flexibility index (Phi) is 9.09. The first-order valence-electron chi connectivity index (χ1n) is 14.3. The summed E-state index contributed by atoms with van der Waals surface area (Å²) in [5.74, 6) is -0.740. The van der Waals surface area contributed by atoms with Crippen LogP contribution in [0.2, 0.25) is 0 Å². The van der Waals surface area contributed by atoms with E-state index in [1.807, 2.05) is 39.8 Å². The molecule has 2 aliphatic heterocycles. The second-order valence-electron chi connectivity index (χ2n) is 11.1. The lowest BCUT2D eigenvalue weighted by atomic mass is 9.96. The van der Waals surface area contributed by atoms with E-state index in [-0.39, 0.29) is 30.3 Å². The zero-order valence-corrected chi connectivity index (χ0v) is 24.1. The van der Waals surface area contributed by atoms with Crippen LogP contribution in [0.25, 0.3) is 11.1 Å². The number of hydroxylamine groups is 1. The summed E-state index contributed by atoms with van der Waals surface area (Å²) in [6, 6.07) is 16.5. The van der Waals surface area contributed by atoms with Crippen LogP contribution in [-0.4, -0.2) is 80.8 Å². The van der Waals surface area contributed by atoms with Crippen molar-refractivity contribution in [2.45, 2.75) is 82.9 Å². The van der Waals surface area contributed by atoms with Crippen molar-refractivity contribution in [1.82, 2.24) is 10.4 Å². The number of hydrogen-bond acceptors (Lipinski definition) is 8. The zero-order valence-electron chi connectivity index (χ0n) is 24.1. The van der Waals surface area contributed by atoms with Crippen LogP contribution in [0, 0.1) is 0 Å². The number of amides is 1. The van der Waals surface area contributed by atoms with Crippen molar-refractivity contribution in [3.63, 3.8) is 0 Å². The molecule has 1 N–H and O–H groups in total. The van der Waals surface area contributed by atoms with Crippen molar-refractivity contribution in [3.05, 3.63) is 59.7 Å². The normalized spacial score (nSPS) is 27.0. The predicted octanol–water partition coefficient (Wildman–Crippen LogP) is 4.84. The van der Waals surface area contributed by atoms with E-state index in [0.717, 1.165) is 12.8 Å². The first-order valence-corrected chi connectivity index (χ1v) is 14.3. The van der Waals surface area contributed by atoms with Crippen LogP contribution in [0.3, 0.4) is 0 Å². The highest BCUT2D eigenvalue weighted by Crippen LogP contribution is 2.44. The Balaban J connectivity index is 1.10. The number of carbonyl (C=O) groups excluding carboxylic acids is 1. The Morgan fingerprint density at radius 1 is 1.05 bits per heavy atom. The number of hydrogen-bond donors (Lipinski definition) is 1. The van der Waals surface area contributed by atoms with Gasteiger partial charge in [-0.15, -0.1) is 0 Å². The van der Waals surface area contributed by atoms with Crippen LogP contribution in [0.4, 0.5) is 4.79 Å². The number of nitrogens with zero attached hydrogens (tertiary/aromatic N) is 1. The monoisotopic (exact) mass is 554 g/mol. The third kappa shape index (κ3) is 6.05. The molecule has 5 rings (SSSR count). The van der Waals surface area contributed by atoms with E-state index >= 15 is 0 Å². The smallest absolute Gasteiger partial charge is 0.409 e. The van der Waals surface area contributed by atoms with Gasteiger partial charge in [0.2, 0.25) is 0 Å². The molecule has 2 fully saturated rings. The molecule has 2 saturated heterocycles. The van der Waals surface area contributed by atoms with E-state index in [0.29, 0.717) is 26.3 Å². The third-order valence-electron chi connectivity index (χ3n) is 8.00. The molecule has 0 bridgehead atoms. The second kappa shape index (κ2) is 12.5. The van der Waals surface area contributed by atoms with Gasteiger partial charge in [-0.2, -0.15) is 5.48 Å². The number of fused-ring (bicyclic) bond motifs is 4. The number of carbonyl (C=O) groups is 1. The SMILES string of the molecule is CCN(CCCCO[C@H]1[C@@H](OC)O[C@H](C)C2NOC(C)(C)O[C@@H]21)C(=O)OCC1c2ccccc2-c2ccccc21. The Hall–Kier alpha value is -2.53. The zero-order chi connectivity index (χ0) is 28.3. The maximum Gasteiger partial charge on any atom is 0.409 e. The summed E-state index contributed by atoms with van der Waals surface area (Å²) >= 11 is 0. The van der Waals surface area contributed by atoms with E-state index in [4.69, 9.17) is 28.5 Å². The highest BCUT2D eigenvalue weighted by Gasteiger charge is 2.51. The molecular weight excluding hydrogens is 512 g/mol. The maximum absolute atomic E-state index is 13.0. The highest BCUT2D eigenvalue weighted by atomic mass is 16.8. The van der Waals surface area contributed by atoms with Crippen LogP contribution < -0.4 is 5.48 Å². The Morgan fingerprint density at radius 3 is 2.38 bits per heavy atom. The molecule has 3 aliphatic rings. The van der Waals surface area contributed by atoms with E-state index in [1.165, 1.54) is 22.3 Å². The van der Waals surface area contributed by atoms with Crippen molar-refractivity contribution in [1.29, 1.82) is 0 Å². The Bertz CT molecular complexity index is 1110. The second-order valence-corrected chi connectivity index (χ2v) is 11.1. The molecule has 0 radical (unpaired) electrons. The van der Waals surface area contributed by atoms with Gasteiger partial charge in [-0.3, -0.25) is 4.84 Å². The average molecular weight is 555 g/mol. The first-order chi connectivity index (χ1) is 19.3. The number of rotatable bonds is 10. The molecule has 0 aromatic heterocycles. The van der Waals surface area contributed by atoms with Crippen LogP contribution in [0.15, 0.2) is 48.5 Å². The fourth-order valence-corrected chi connectivity index (χ4v) is 5.92. The van der Waals surface area contributed by atoms with E-state index < -0.39 is 18.2 Å². The molecule has 9 heteroatoms. The van der Waals surface area contributed by atoms with Crippen LogP contribution in [0.1, 0.15) is 57.6 Å². The molecule has 5 atom stereocenters. The van der Waals surface area contributed by atoms with Gasteiger partial charge in [-0.05, 0) is 62.8 Å². The predicted molar refractivity (Wildman–Crippen MR) is 150 cm³/mol. The van der Waals surface area contributed by atoms with Gasteiger partial charge in [-0.25, -0.2) is 4.79 Å². The molecule has 1 amide bonds. The van der Waals surface area contributed by atoms with Crippen LogP contribution in [-0.2, 0) is 28.5 Å². The minimum absolute atomic E-state index is 0.0494. The summed E-state index contributed by atoms with van der Waals surface area (Å²) in [5.41, 5.74) is 7.93. The number of methoxy groups -OCH3 is 1. The summed E-state index contributed by atoms with van der Waals surface area (Å²) in [5, 5.41) is 0. The number of nitrogens with one attached hydrogen (secondary N) is 1. The van der Waals surface area contributed by atoms with Crippen molar-refractivity contribution in [3.8, 4) is 11.1 Å². The minimum Gasteiger partial charge on any atom is -0.448 e. The Labute approximate surface area is 237 Å². The van der Waals surface area contributed by atoms with E-state index in [2.05, 4.69) is 41.9 Å². The molecule has 218 valence electrons. The van der Waals surface area contributed by atoms with Crippen LogP contribution >= 0.6 is 0 Å². The largest absolute Gasteiger partial charge is 0.448 e. The molecule has 1 aliphatic carbocycles. The molecule has 0 spiro atoms. The van der Waals surface area contributed by atoms with Crippen molar-refractivity contribution in [2.24, 2.45) is 0 Å². The first kappa shape index (κ1) is 29.0. The number of ether oxygens (including phenoxy) is 5. The topological polar surface area (TPSA) is 87.7 Å². The standard InChI is InChI=1S/C31H42N2O7/c1-6-33(30(34)37-19-25-23-15-9-7-13-21(23)22-14-8-10-16-24(22)25)17-11-12-18-36-28-27-26(20(2)38-29(28)35-5)32-40-31(3,4)39-27/h7-10,13-16,20,25-29,32H,6,11-12,17-19H2,1-5H3/t20-,26?,27+,28-,29+/m1/s1. The molecule has 0 saturated carbocycles. The molecule has 40 heavy (non-hydrogen) atoms. The summed E-state index contributed by atoms with van der Waals surface area (Å²) in [7, 11) is 1.61. The summed E-state index contributed by atoms with van der Waals surface area (Å²) in [4.78, 5) is 20.4. The van der Waals surface area contributed by atoms with E-state index in [1.54, 1.807) is 12.0 Å². The highest BCUT2D eigenvalue weighted by molar-refractivity contribution is 5.79. The van der Waals surface area contributed by atoms with Gasteiger partial charge in [0.15, 0.2) is 12.1 Å². The van der Waals surface area contributed by atoms with Gasteiger partial charge >= 0.3 is 6.09 Å². The fraction of sp³-hybridized carbons (Fsp3) is 0.581. The van der Waals surface area contributed by atoms with Crippen molar-refractivity contribution < 1.29 is 33.3 Å². The fourth-order valence-electron chi connectivity index (χ4n) is 5.92. The van der Waals surface area contributed by atoms with E-state index in [9.17, 15) is 4.79 Å². The van der Waals surface area contributed by atoms with Crippen molar-refractivity contribution >= 4 is 6.09 Å². The summed E-state index contributed by atoms with van der Waals surface area (Å²) in [6.07, 6.45) is -0.147. The maximum atomic E-state index is 13.0. The summed E-state index contributed by atoms with van der Waals surface area (Å²) < 4.78 is 29.9. The molecular formula is C31H42N2O7. The van der Waals surface area contributed by atoms with Crippen molar-refractivity contribution in [2.75, 3.05) is 33.4 Å². The molecule has 2 heterocycles. The van der Waals surface area contributed by atoms with Gasteiger partial charge < -0.3 is 28.6 Å². The van der Waals surface area contributed by atoms with Gasteiger partial charge in [0.1, 0.15) is 18.8 Å². The minimum atomic E-state index is -0.789. The van der Waals surface area contributed by atoms with Gasteiger partial charge in [-0.1, -0.05) is 48.5 Å². The van der Waals surface area contributed by atoms with Crippen LogP contribution in [0.5, 0.6) is 0 Å².